The number of non-ortho nitro benzene ring substituents is 1. The van der Waals surface area contributed by atoms with Crippen LogP contribution in [0.1, 0.15) is 16.7 Å². The number of amides is 2. The van der Waals surface area contributed by atoms with Crippen molar-refractivity contribution in [1.82, 2.24) is 10.2 Å². The lowest BCUT2D eigenvalue weighted by Gasteiger charge is -2.28. The van der Waals surface area contributed by atoms with Crippen LogP contribution in [0.5, 0.6) is 0 Å². The molecule has 1 aliphatic rings. The number of nitrogens with zero attached hydrogens (tertiary/aromatic N) is 2. The van der Waals surface area contributed by atoms with E-state index in [-0.39, 0.29) is 18.3 Å². The minimum atomic E-state index is -0.418. The van der Waals surface area contributed by atoms with E-state index in [1.54, 1.807) is 17.0 Å². The van der Waals surface area contributed by atoms with Crippen molar-refractivity contribution >= 4 is 11.7 Å². The summed E-state index contributed by atoms with van der Waals surface area (Å²) in [5.41, 5.74) is 2.83. The van der Waals surface area contributed by atoms with Crippen molar-refractivity contribution in [2.24, 2.45) is 0 Å². The fraction of sp³-hybridized carbons (Fsp3) is 0.211. The van der Waals surface area contributed by atoms with Crippen LogP contribution in [-0.4, -0.2) is 28.9 Å². The molecule has 2 aromatic carbocycles. The normalized spacial score (nSPS) is 12.6. The number of urea groups is 1. The van der Waals surface area contributed by atoms with Gasteiger partial charge in [-0.2, -0.15) is 0 Å². The quantitative estimate of drug-likeness (QED) is 0.521. The van der Waals surface area contributed by atoms with Crippen LogP contribution in [-0.2, 0) is 13.0 Å². The molecule has 0 aliphatic carbocycles. The van der Waals surface area contributed by atoms with Crippen LogP contribution in [0.15, 0.2) is 48.5 Å². The third-order valence-corrected chi connectivity index (χ3v) is 4.03. The average Bonchev–Trinajstić information content (AvgIpc) is 2.65. The summed E-state index contributed by atoms with van der Waals surface area (Å²) >= 11 is 0. The largest absolute Gasteiger partial charge is 0.327 e. The van der Waals surface area contributed by atoms with Crippen molar-refractivity contribution in [1.29, 1.82) is 0 Å². The van der Waals surface area contributed by atoms with E-state index in [4.69, 9.17) is 0 Å². The summed E-state index contributed by atoms with van der Waals surface area (Å²) in [5.74, 6) is 5.90. The van der Waals surface area contributed by atoms with E-state index in [0.29, 0.717) is 19.5 Å². The Hall–Kier alpha value is -3.33. The molecule has 0 aromatic heterocycles. The third kappa shape index (κ3) is 4.15. The Bertz CT molecular complexity index is 853. The monoisotopic (exact) mass is 335 g/mol. The van der Waals surface area contributed by atoms with Gasteiger partial charge in [0.2, 0.25) is 0 Å². The van der Waals surface area contributed by atoms with Gasteiger partial charge in [0.1, 0.15) is 0 Å². The second-order valence-corrected chi connectivity index (χ2v) is 5.71. The minimum absolute atomic E-state index is 0.0507. The molecule has 0 bridgehead atoms. The van der Waals surface area contributed by atoms with Gasteiger partial charge in [-0.05, 0) is 29.7 Å². The number of nitro groups is 1. The lowest BCUT2D eigenvalue weighted by atomic mass is 9.99. The highest BCUT2D eigenvalue weighted by Crippen LogP contribution is 2.23. The molecular formula is C19H17N3O3. The Morgan fingerprint density at radius 2 is 2.00 bits per heavy atom. The summed E-state index contributed by atoms with van der Waals surface area (Å²) in [7, 11) is 0. The molecule has 25 heavy (non-hydrogen) atoms. The van der Waals surface area contributed by atoms with Crippen molar-refractivity contribution in [3.05, 3.63) is 75.3 Å². The van der Waals surface area contributed by atoms with Crippen LogP contribution in [0.2, 0.25) is 0 Å². The predicted octanol–water partition coefficient (Wildman–Crippen LogP) is 2.71. The number of rotatable bonds is 2. The van der Waals surface area contributed by atoms with E-state index in [9.17, 15) is 14.9 Å². The maximum atomic E-state index is 12.3. The SMILES string of the molecule is O=C(NCC#Cc1ccccc1)N1CCc2ccc([N+](=O)[O-])cc2C1. The first kappa shape index (κ1) is 16.5. The fourth-order valence-corrected chi connectivity index (χ4v) is 2.73. The van der Waals surface area contributed by atoms with Crippen molar-refractivity contribution in [3.8, 4) is 11.8 Å². The molecule has 3 rings (SSSR count). The van der Waals surface area contributed by atoms with E-state index in [2.05, 4.69) is 17.2 Å². The second kappa shape index (κ2) is 7.49. The summed E-state index contributed by atoms with van der Waals surface area (Å²) in [6.45, 7) is 1.21. The number of carbonyl (C=O) groups excluding carboxylic acids is 1. The molecule has 0 fully saturated rings. The number of hydrogen-bond donors (Lipinski definition) is 1. The zero-order chi connectivity index (χ0) is 17.6. The summed E-state index contributed by atoms with van der Waals surface area (Å²) < 4.78 is 0. The second-order valence-electron chi connectivity index (χ2n) is 5.71. The fourth-order valence-electron chi connectivity index (χ4n) is 2.73. The zero-order valence-corrected chi connectivity index (χ0v) is 13.6. The molecule has 6 heteroatoms. The van der Waals surface area contributed by atoms with Gasteiger partial charge in [-0.3, -0.25) is 10.1 Å². The molecule has 0 atom stereocenters. The molecule has 6 nitrogen and oxygen atoms in total. The molecule has 2 aromatic rings. The smallest absolute Gasteiger partial charge is 0.318 e. The lowest BCUT2D eigenvalue weighted by molar-refractivity contribution is -0.385. The van der Waals surface area contributed by atoms with Gasteiger partial charge in [0.15, 0.2) is 0 Å². The van der Waals surface area contributed by atoms with Gasteiger partial charge in [-0.1, -0.05) is 36.1 Å². The predicted molar refractivity (Wildman–Crippen MR) is 93.9 cm³/mol. The third-order valence-electron chi connectivity index (χ3n) is 4.03. The summed E-state index contributed by atoms with van der Waals surface area (Å²) in [5, 5.41) is 13.7. The van der Waals surface area contributed by atoms with Gasteiger partial charge in [-0.15, -0.1) is 0 Å². The van der Waals surface area contributed by atoms with Crippen LogP contribution in [0.4, 0.5) is 10.5 Å². The highest BCUT2D eigenvalue weighted by molar-refractivity contribution is 5.75. The Morgan fingerprint density at radius 1 is 1.20 bits per heavy atom. The molecule has 2 amide bonds. The van der Waals surface area contributed by atoms with E-state index in [0.717, 1.165) is 16.7 Å². The van der Waals surface area contributed by atoms with E-state index < -0.39 is 4.92 Å². The van der Waals surface area contributed by atoms with Gasteiger partial charge in [0.05, 0.1) is 11.5 Å². The Kier molecular flexibility index (Phi) is 4.95. The van der Waals surface area contributed by atoms with Crippen LogP contribution in [0.25, 0.3) is 0 Å². The number of hydrogen-bond acceptors (Lipinski definition) is 3. The van der Waals surface area contributed by atoms with E-state index in [1.807, 2.05) is 30.3 Å². The first-order valence-electron chi connectivity index (χ1n) is 7.96. The molecule has 0 radical (unpaired) electrons. The number of nitrogens with one attached hydrogen (secondary N) is 1. The number of carbonyl (C=O) groups is 1. The molecule has 0 saturated heterocycles. The molecular weight excluding hydrogens is 318 g/mol. The van der Waals surface area contributed by atoms with Gasteiger partial charge in [-0.25, -0.2) is 4.79 Å². The van der Waals surface area contributed by atoms with Crippen molar-refractivity contribution in [3.63, 3.8) is 0 Å². The molecule has 1 aliphatic heterocycles. The Morgan fingerprint density at radius 3 is 2.76 bits per heavy atom. The van der Waals surface area contributed by atoms with E-state index >= 15 is 0 Å². The van der Waals surface area contributed by atoms with Crippen LogP contribution in [0, 0.1) is 22.0 Å². The van der Waals surface area contributed by atoms with Crippen molar-refractivity contribution < 1.29 is 9.72 Å². The number of nitro benzene ring substituents is 1. The average molecular weight is 335 g/mol. The molecule has 1 N–H and O–H groups in total. The summed E-state index contributed by atoms with van der Waals surface area (Å²) in [6.07, 6.45) is 0.691. The number of benzene rings is 2. The molecule has 0 unspecified atom stereocenters. The summed E-state index contributed by atoms with van der Waals surface area (Å²) in [4.78, 5) is 24.4. The van der Waals surface area contributed by atoms with Gasteiger partial charge >= 0.3 is 6.03 Å². The van der Waals surface area contributed by atoms with Crippen molar-refractivity contribution in [2.45, 2.75) is 13.0 Å². The lowest BCUT2D eigenvalue weighted by Crippen LogP contribution is -2.42. The standard InChI is InChI=1S/C19H17N3O3/c23-19(20-11-4-7-15-5-2-1-3-6-15)21-12-10-16-8-9-18(22(24)25)13-17(16)14-21/h1-3,5-6,8-9,13H,10-12,14H2,(H,20,23). The van der Waals surface area contributed by atoms with Crippen LogP contribution >= 0.6 is 0 Å². The minimum Gasteiger partial charge on any atom is -0.327 e. The molecule has 0 saturated carbocycles. The highest BCUT2D eigenvalue weighted by Gasteiger charge is 2.22. The van der Waals surface area contributed by atoms with E-state index in [1.165, 1.54) is 6.07 Å². The molecule has 126 valence electrons. The Labute approximate surface area is 145 Å². The molecule has 0 spiro atoms. The van der Waals surface area contributed by atoms with Gasteiger partial charge in [0.25, 0.3) is 5.69 Å². The highest BCUT2D eigenvalue weighted by atomic mass is 16.6. The molecule has 1 heterocycles. The van der Waals surface area contributed by atoms with Crippen LogP contribution < -0.4 is 5.32 Å². The Balaban J connectivity index is 1.58. The maximum Gasteiger partial charge on any atom is 0.318 e. The zero-order valence-electron chi connectivity index (χ0n) is 13.6. The van der Waals surface area contributed by atoms with Gasteiger partial charge in [0, 0.05) is 30.8 Å². The number of fused-ring (bicyclic) bond motifs is 1. The first-order valence-corrected chi connectivity index (χ1v) is 7.96. The van der Waals surface area contributed by atoms with Gasteiger partial charge < -0.3 is 10.2 Å². The maximum absolute atomic E-state index is 12.3. The topological polar surface area (TPSA) is 75.5 Å². The first-order chi connectivity index (χ1) is 12.1. The summed E-state index contributed by atoms with van der Waals surface area (Å²) in [6, 6.07) is 14.2. The van der Waals surface area contributed by atoms with Crippen LogP contribution in [0.3, 0.4) is 0 Å². The van der Waals surface area contributed by atoms with Crippen molar-refractivity contribution in [2.75, 3.05) is 13.1 Å².